The molecule has 1 aromatic heterocycles. The molecule has 2 aromatic rings. The number of furan rings is 1. The van der Waals surface area contributed by atoms with Gasteiger partial charge in [0, 0.05) is 0 Å². The second-order valence-electron chi connectivity index (χ2n) is 2.80. The van der Waals surface area contributed by atoms with Crippen LogP contribution in [0.25, 0.3) is 11.0 Å². The van der Waals surface area contributed by atoms with Crippen molar-refractivity contribution >= 4 is 11.0 Å². The Hall–Kier alpha value is -1.44. The van der Waals surface area contributed by atoms with Gasteiger partial charge in [0.1, 0.15) is 11.8 Å². The quantitative estimate of drug-likeness (QED) is 0.643. The minimum atomic E-state index is 0.800. The second kappa shape index (κ2) is 2.55. The van der Waals surface area contributed by atoms with E-state index in [1.807, 2.05) is 19.1 Å². The van der Waals surface area contributed by atoms with Crippen LogP contribution in [0.4, 0.5) is 0 Å². The van der Waals surface area contributed by atoms with Gasteiger partial charge in [-0.15, -0.1) is 0 Å². The molecule has 12 heavy (non-hydrogen) atoms. The van der Waals surface area contributed by atoms with Crippen LogP contribution >= 0.6 is 0 Å². The van der Waals surface area contributed by atoms with Gasteiger partial charge in [0.25, 0.3) is 0 Å². The lowest BCUT2D eigenvalue weighted by Gasteiger charge is -1.94. The Morgan fingerprint density at radius 1 is 1.33 bits per heavy atom. The molecule has 62 valence electrons. The smallest absolute Gasteiger partial charge is 0.164 e. The van der Waals surface area contributed by atoms with Crippen LogP contribution in [0.3, 0.4) is 0 Å². The average Bonchev–Trinajstić information content (AvgIpc) is 2.46. The van der Waals surface area contributed by atoms with Crippen LogP contribution in [0.15, 0.2) is 28.9 Å². The molecule has 0 spiro atoms. The molecular weight excluding hydrogens is 152 g/mol. The molecule has 0 atom stereocenters. The summed E-state index contributed by atoms with van der Waals surface area (Å²) in [5.41, 5.74) is 2.08. The Balaban J connectivity index is 2.75. The van der Waals surface area contributed by atoms with Crippen LogP contribution in [0, 0.1) is 6.92 Å². The number of fused-ring (bicyclic) bond motifs is 1. The van der Waals surface area contributed by atoms with Crippen molar-refractivity contribution in [1.29, 1.82) is 0 Å². The largest absolute Gasteiger partial charge is 0.493 e. The summed E-state index contributed by atoms with van der Waals surface area (Å²) in [7, 11) is 1.65. The number of rotatable bonds is 1. The molecule has 0 bridgehead atoms. The van der Waals surface area contributed by atoms with E-state index in [4.69, 9.17) is 9.15 Å². The van der Waals surface area contributed by atoms with Crippen LogP contribution in [0.1, 0.15) is 5.56 Å². The highest BCUT2D eigenvalue weighted by atomic mass is 16.5. The predicted octanol–water partition coefficient (Wildman–Crippen LogP) is 2.75. The summed E-state index contributed by atoms with van der Waals surface area (Å²) in [5.74, 6) is 0.800. The zero-order chi connectivity index (χ0) is 8.55. The lowest BCUT2D eigenvalue weighted by atomic mass is 10.2. The summed E-state index contributed by atoms with van der Waals surface area (Å²) >= 11 is 0. The molecule has 0 aliphatic heterocycles. The van der Waals surface area contributed by atoms with E-state index in [2.05, 4.69) is 6.07 Å². The third-order valence-corrected chi connectivity index (χ3v) is 1.91. The minimum Gasteiger partial charge on any atom is -0.493 e. The van der Waals surface area contributed by atoms with E-state index < -0.39 is 0 Å². The Labute approximate surface area is 70.8 Å². The standard InChI is InChI=1S/C10H10O2/c1-7-3-4-9-8(5-7)10(11-2)6-12-9/h3-6H,1-2H3. The highest BCUT2D eigenvalue weighted by molar-refractivity contribution is 5.84. The zero-order valence-corrected chi connectivity index (χ0v) is 7.13. The number of methoxy groups -OCH3 is 1. The van der Waals surface area contributed by atoms with Crippen molar-refractivity contribution in [3.05, 3.63) is 30.0 Å². The fourth-order valence-electron chi connectivity index (χ4n) is 1.28. The maximum atomic E-state index is 5.27. The topological polar surface area (TPSA) is 22.4 Å². The molecule has 0 aliphatic carbocycles. The summed E-state index contributed by atoms with van der Waals surface area (Å²) in [6.07, 6.45) is 1.63. The SMILES string of the molecule is COc1coc2ccc(C)cc12. The molecule has 0 unspecified atom stereocenters. The van der Waals surface area contributed by atoms with E-state index in [0.29, 0.717) is 0 Å². The Bertz CT molecular complexity index is 401. The molecule has 0 radical (unpaired) electrons. The predicted molar refractivity (Wildman–Crippen MR) is 47.5 cm³/mol. The molecule has 0 saturated carbocycles. The molecule has 1 aromatic carbocycles. The third-order valence-electron chi connectivity index (χ3n) is 1.91. The van der Waals surface area contributed by atoms with Crippen molar-refractivity contribution < 1.29 is 9.15 Å². The minimum absolute atomic E-state index is 0.800. The number of hydrogen-bond donors (Lipinski definition) is 0. The van der Waals surface area contributed by atoms with Gasteiger partial charge in [-0.3, -0.25) is 0 Å². The monoisotopic (exact) mass is 162 g/mol. The first-order chi connectivity index (χ1) is 5.81. The molecule has 1 heterocycles. The van der Waals surface area contributed by atoms with Gasteiger partial charge < -0.3 is 9.15 Å². The van der Waals surface area contributed by atoms with Crippen LogP contribution in [-0.4, -0.2) is 7.11 Å². The summed E-state index contributed by atoms with van der Waals surface area (Å²) in [6, 6.07) is 6.02. The van der Waals surface area contributed by atoms with Crippen LogP contribution in [0.2, 0.25) is 0 Å². The molecule has 0 N–H and O–H groups in total. The second-order valence-corrected chi connectivity index (χ2v) is 2.80. The van der Waals surface area contributed by atoms with Crippen molar-refractivity contribution in [2.75, 3.05) is 7.11 Å². The number of benzene rings is 1. The van der Waals surface area contributed by atoms with Crippen molar-refractivity contribution in [2.24, 2.45) is 0 Å². The summed E-state index contributed by atoms with van der Waals surface area (Å²) in [4.78, 5) is 0. The van der Waals surface area contributed by atoms with Gasteiger partial charge in [-0.05, 0) is 19.1 Å². The third kappa shape index (κ3) is 0.961. The van der Waals surface area contributed by atoms with Crippen molar-refractivity contribution in [3.63, 3.8) is 0 Å². The van der Waals surface area contributed by atoms with Gasteiger partial charge in [-0.2, -0.15) is 0 Å². The van der Waals surface area contributed by atoms with Gasteiger partial charge in [0.05, 0.1) is 12.5 Å². The summed E-state index contributed by atoms with van der Waals surface area (Å²) in [5, 5.41) is 1.04. The van der Waals surface area contributed by atoms with Gasteiger partial charge in [-0.25, -0.2) is 0 Å². The van der Waals surface area contributed by atoms with Gasteiger partial charge >= 0.3 is 0 Å². The van der Waals surface area contributed by atoms with E-state index in [1.54, 1.807) is 13.4 Å². The first kappa shape index (κ1) is 7.22. The Morgan fingerprint density at radius 2 is 2.17 bits per heavy atom. The van der Waals surface area contributed by atoms with Crippen molar-refractivity contribution in [3.8, 4) is 5.75 Å². The molecule has 0 fully saturated rings. The first-order valence-electron chi connectivity index (χ1n) is 3.83. The average molecular weight is 162 g/mol. The maximum absolute atomic E-state index is 5.27. The lowest BCUT2D eigenvalue weighted by molar-refractivity contribution is 0.410. The summed E-state index contributed by atoms with van der Waals surface area (Å²) < 4.78 is 10.4. The lowest BCUT2D eigenvalue weighted by Crippen LogP contribution is -1.79. The fourth-order valence-corrected chi connectivity index (χ4v) is 1.28. The molecular formula is C10H10O2. The number of aryl methyl sites for hydroxylation is 1. The van der Waals surface area contributed by atoms with E-state index in [9.17, 15) is 0 Å². The molecule has 2 heteroatoms. The van der Waals surface area contributed by atoms with E-state index in [0.717, 1.165) is 16.7 Å². The first-order valence-corrected chi connectivity index (χ1v) is 3.83. The molecule has 0 aliphatic rings. The highest BCUT2D eigenvalue weighted by Crippen LogP contribution is 2.27. The molecule has 0 amide bonds. The number of hydrogen-bond acceptors (Lipinski definition) is 2. The summed E-state index contributed by atoms with van der Waals surface area (Å²) in [6.45, 7) is 2.05. The van der Waals surface area contributed by atoms with E-state index in [1.165, 1.54) is 5.56 Å². The zero-order valence-electron chi connectivity index (χ0n) is 7.13. The van der Waals surface area contributed by atoms with Crippen molar-refractivity contribution in [1.82, 2.24) is 0 Å². The van der Waals surface area contributed by atoms with Gasteiger partial charge in [-0.1, -0.05) is 11.6 Å². The van der Waals surface area contributed by atoms with Gasteiger partial charge in [0.2, 0.25) is 0 Å². The fraction of sp³-hybridized carbons (Fsp3) is 0.200. The molecule has 0 saturated heterocycles. The van der Waals surface area contributed by atoms with Gasteiger partial charge in [0.15, 0.2) is 5.75 Å². The van der Waals surface area contributed by atoms with E-state index >= 15 is 0 Å². The van der Waals surface area contributed by atoms with Crippen LogP contribution < -0.4 is 4.74 Å². The number of ether oxygens (including phenoxy) is 1. The van der Waals surface area contributed by atoms with E-state index in [-0.39, 0.29) is 0 Å². The Morgan fingerprint density at radius 3 is 2.92 bits per heavy atom. The maximum Gasteiger partial charge on any atom is 0.164 e. The van der Waals surface area contributed by atoms with Crippen LogP contribution in [-0.2, 0) is 0 Å². The van der Waals surface area contributed by atoms with Crippen LogP contribution in [0.5, 0.6) is 5.75 Å². The normalized spacial score (nSPS) is 10.5. The molecule has 2 rings (SSSR count). The highest BCUT2D eigenvalue weighted by Gasteiger charge is 2.04. The van der Waals surface area contributed by atoms with Crippen molar-refractivity contribution in [2.45, 2.75) is 6.92 Å². The molecule has 2 nitrogen and oxygen atoms in total. The Kier molecular flexibility index (Phi) is 1.54.